The molecule has 0 N–H and O–H groups in total. The van der Waals surface area contributed by atoms with Gasteiger partial charge in [0.1, 0.15) is 5.69 Å². The van der Waals surface area contributed by atoms with Gasteiger partial charge in [0, 0.05) is 6.07 Å². The maximum atomic E-state index is 12.2. The molecule has 1 aromatic rings. The molecular weight excluding hydrogens is 412 g/mol. The first-order valence-electron chi connectivity index (χ1n) is 5.39. The SMILES string of the molecule is CCOC(=O)Cc1nc(OC(F)(F)F)c(I)cc1[N+](=O)[O-]. The predicted octanol–water partition coefficient (Wildman–Crippen LogP) is 2.60. The van der Waals surface area contributed by atoms with Gasteiger partial charge in [-0.25, -0.2) is 4.98 Å². The van der Waals surface area contributed by atoms with Crippen molar-refractivity contribution in [1.82, 2.24) is 4.98 Å². The Morgan fingerprint density at radius 2 is 2.14 bits per heavy atom. The van der Waals surface area contributed by atoms with Crippen LogP contribution in [-0.4, -0.2) is 28.8 Å². The molecule has 1 rings (SSSR count). The van der Waals surface area contributed by atoms with Gasteiger partial charge in [0.15, 0.2) is 0 Å². The largest absolute Gasteiger partial charge is 0.574 e. The fraction of sp³-hybridized carbons (Fsp3) is 0.400. The number of hydrogen-bond donors (Lipinski definition) is 0. The number of halogens is 4. The van der Waals surface area contributed by atoms with Gasteiger partial charge in [0.2, 0.25) is 5.88 Å². The third-order valence-electron chi connectivity index (χ3n) is 2.03. The van der Waals surface area contributed by atoms with E-state index in [4.69, 9.17) is 0 Å². The van der Waals surface area contributed by atoms with Crippen molar-refractivity contribution in [1.29, 1.82) is 0 Å². The minimum absolute atomic E-state index is 0.0307. The van der Waals surface area contributed by atoms with Crippen molar-refractivity contribution in [3.05, 3.63) is 25.4 Å². The van der Waals surface area contributed by atoms with Gasteiger partial charge in [0.25, 0.3) is 5.69 Å². The number of aromatic nitrogens is 1. The van der Waals surface area contributed by atoms with E-state index in [9.17, 15) is 28.1 Å². The smallest absolute Gasteiger partial charge is 0.466 e. The highest BCUT2D eigenvalue weighted by Gasteiger charge is 2.34. The van der Waals surface area contributed by atoms with Gasteiger partial charge in [-0.3, -0.25) is 14.9 Å². The molecule has 21 heavy (non-hydrogen) atoms. The minimum Gasteiger partial charge on any atom is -0.466 e. The molecule has 0 aliphatic carbocycles. The standard InChI is InChI=1S/C10H8F3IN2O5/c1-2-20-8(17)4-6-7(16(18)19)3-5(14)9(15-6)21-10(11,12)13/h3H,2,4H2,1H3. The Morgan fingerprint density at radius 1 is 1.52 bits per heavy atom. The van der Waals surface area contributed by atoms with Crippen LogP contribution < -0.4 is 4.74 Å². The number of pyridine rings is 1. The van der Waals surface area contributed by atoms with Crippen LogP contribution in [0.5, 0.6) is 5.88 Å². The van der Waals surface area contributed by atoms with E-state index in [2.05, 4.69) is 14.5 Å². The molecule has 0 aliphatic heterocycles. The number of carbonyl (C=O) groups excluding carboxylic acids is 1. The molecule has 7 nitrogen and oxygen atoms in total. The molecule has 0 aliphatic rings. The Kier molecular flexibility index (Phi) is 5.69. The Hall–Kier alpha value is -1.66. The fourth-order valence-electron chi connectivity index (χ4n) is 1.32. The van der Waals surface area contributed by atoms with E-state index in [0.717, 1.165) is 6.07 Å². The second-order valence-corrected chi connectivity index (χ2v) is 4.69. The average Bonchev–Trinajstić information content (AvgIpc) is 2.31. The third kappa shape index (κ3) is 5.32. The molecule has 11 heteroatoms. The van der Waals surface area contributed by atoms with Crippen molar-refractivity contribution in [2.75, 3.05) is 6.61 Å². The molecule has 0 radical (unpaired) electrons. The van der Waals surface area contributed by atoms with E-state index < -0.39 is 40.9 Å². The number of ether oxygens (including phenoxy) is 2. The first kappa shape index (κ1) is 17.4. The van der Waals surface area contributed by atoms with Gasteiger partial charge in [-0.15, -0.1) is 13.2 Å². The van der Waals surface area contributed by atoms with E-state index in [1.54, 1.807) is 0 Å². The number of hydrogen-bond acceptors (Lipinski definition) is 6. The Bertz CT molecular complexity index is 564. The molecule has 0 saturated carbocycles. The van der Waals surface area contributed by atoms with Crippen molar-refractivity contribution >= 4 is 34.2 Å². The van der Waals surface area contributed by atoms with Crippen LogP contribution in [0.3, 0.4) is 0 Å². The molecular formula is C10H8F3IN2O5. The third-order valence-corrected chi connectivity index (χ3v) is 2.80. The van der Waals surface area contributed by atoms with Gasteiger partial charge in [-0.2, -0.15) is 0 Å². The summed E-state index contributed by atoms with van der Waals surface area (Å²) < 4.78 is 44.6. The minimum atomic E-state index is -5.00. The Labute approximate surface area is 129 Å². The molecule has 0 saturated heterocycles. The highest BCUT2D eigenvalue weighted by molar-refractivity contribution is 14.1. The van der Waals surface area contributed by atoms with Gasteiger partial charge in [-0.05, 0) is 29.5 Å². The number of carbonyl (C=O) groups is 1. The molecule has 0 amide bonds. The maximum Gasteiger partial charge on any atom is 0.574 e. The van der Waals surface area contributed by atoms with Crippen molar-refractivity contribution < 1.29 is 32.4 Å². The van der Waals surface area contributed by atoms with Gasteiger partial charge in [0.05, 0.1) is 21.5 Å². The lowest BCUT2D eigenvalue weighted by atomic mass is 10.2. The zero-order valence-electron chi connectivity index (χ0n) is 10.4. The summed E-state index contributed by atoms with van der Waals surface area (Å²) in [6.45, 7) is 1.55. The lowest BCUT2D eigenvalue weighted by Crippen LogP contribution is -2.20. The van der Waals surface area contributed by atoms with E-state index in [0.29, 0.717) is 0 Å². The van der Waals surface area contributed by atoms with Crippen LogP contribution in [0, 0.1) is 13.7 Å². The van der Waals surface area contributed by atoms with Crippen molar-refractivity contribution in [2.24, 2.45) is 0 Å². The predicted molar refractivity (Wildman–Crippen MR) is 70.6 cm³/mol. The van der Waals surface area contributed by atoms with E-state index in [-0.39, 0.29) is 10.2 Å². The Morgan fingerprint density at radius 3 is 2.62 bits per heavy atom. The van der Waals surface area contributed by atoms with Gasteiger partial charge >= 0.3 is 12.3 Å². The molecule has 0 bridgehead atoms. The number of rotatable bonds is 5. The number of esters is 1. The van der Waals surface area contributed by atoms with Crippen LogP contribution in [-0.2, 0) is 16.0 Å². The summed E-state index contributed by atoms with van der Waals surface area (Å²) in [5.74, 6) is -1.69. The van der Waals surface area contributed by atoms with Gasteiger partial charge in [-0.1, -0.05) is 0 Å². The summed E-state index contributed by atoms with van der Waals surface area (Å²) >= 11 is 1.42. The Balaban J connectivity index is 3.21. The highest BCUT2D eigenvalue weighted by atomic mass is 127. The number of nitrogens with zero attached hydrogens (tertiary/aromatic N) is 2. The number of nitro groups is 1. The van der Waals surface area contributed by atoms with Crippen LogP contribution in [0.2, 0.25) is 0 Å². The average molecular weight is 420 g/mol. The molecule has 0 atom stereocenters. The lowest BCUT2D eigenvalue weighted by molar-refractivity contribution is -0.386. The first-order valence-corrected chi connectivity index (χ1v) is 6.47. The van der Waals surface area contributed by atoms with Crippen LogP contribution >= 0.6 is 22.6 Å². The normalized spacial score (nSPS) is 11.1. The van der Waals surface area contributed by atoms with E-state index in [1.165, 1.54) is 29.5 Å². The van der Waals surface area contributed by atoms with Crippen LogP contribution in [0.4, 0.5) is 18.9 Å². The first-order chi connectivity index (χ1) is 9.64. The summed E-state index contributed by atoms with van der Waals surface area (Å²) in [7, 11) is 0. The fourth-order valence-corrected chi connectivity index (χ4v) is 1.84. The van der Waals surface area contributed by atoms with Crippen LogP contribution in [0.15, 0.2) is 6.07 Å². The maximum absolute atomic E-state index is 12.2. The zero-order valence-corrected chi connectivity index (χ0v) is 12.6. The quantitative estimate of drug-likeness (QED) is 0.315. The molecule has 0 fully saturated rings. The van der Waals surface area contributed by atoms with Crippen molar-refractivity contribution in [3.63, 3.8) is 0 Å². The molecule has 0 spiro atoms. The summed E-state index contributed by atoms with van der Waals surface area (Å²) in [6, 6.07) is 0.850. The molecule has 0 unspecified atom stereocenters. The summed E-state index contributed by atoms with van der Waals surface area (Å²) in [5, 5.41) is 10.9. The molecule has 116 valence electrons. The van der Waals surface area contributed by atoms with Crippen molar-refractivity contribution in [2.45, 2.75) is 19.7 Å². The highest BCUT2D eigenvalue weighted by Crippen LogP contribution is 2.30. The second-order valence-electron chi connectivity index (χ2n) is 3.53. The second kappa shape index (κ2) is 6.87. The molecule has 1 heterocycles. The topological polar surface area (TPSA) is 91.6 Å². The molecule has 0 aromatic carbocycles. The van der Waals surface area contributed by atoms with Crippen LogP contribution in [0.25, 0.3) is 0 Å². The summed E-state index contributed by atoms with van der Waals surface area (Å²) in [4.78, 5) is 24.7. The summed E-state index contributed by atoms with van der Waals surface area (Å²) in [6.07, 6.45) is -5.63. The van der Waals surface area contributed by atoms with Crippen LogP contribution in [0.1, 0.15) is 12.6 Å². The van der Waals surface area contributed by atoms with Crippen molar-refractivity contribution in [3.8, 4) is 5.88 Å². The van der Waals surface area contributed by atoms with E-state index >= 15 is 0 Å². The number of alkyl halides is 3. The molecule has 1 aromatic heterocycles. The lowest BCUT2D eigenvalue weighted by Gasteiger charge is -2.11. The van der Waals surface area contributed by atoms with Gasteiger partial charge < -0.3 is 9.47 Å². The zero-order chi connectivity index (χ0) is 16.2. The van der Waals surface area contributed by atoms with E-state index in [1.807, 2.05) is 0 Å². The summed E-state index contributed by atoms with van der Waals surface area (Å²) in [5.41, 5.74) is -1.04. The monoisotopic (exact) mass is 420 g/mol.